The van der Waals surface area contributed by atoms with Crippen molar-refractivity contribution in [2.24, 2.45) is 5.92 Å². The molecule has 0 amide bonds. The molecule has 1 saturated carbocycles. The number of hydrogen-bond acceptors (Lipinski definition) is 4. The minimum atomic E-state index is -3.55. The standard InChI is InChI=1S/C13H16FNO4S/c1-8-7-13(8,12(16)19-2)9-4-5-11(10(14)6-9)15-20(3,17)18/h4-6,8,15H,7H2,1-3H3. The second kappa shape index (κ2) is 4.73. The van der Waals surface area contributed by atoms with Crippen LogP contribution < -0.4 is 4.72 Å². The minimum absolute atomic E-state index is 0.0723. The first-order valence-corrected chi connectivity index (χ1v) is 7.96. The summed E-state index contributed by atoms with van der Waals surface area (Å²) in [5.41, 5.74) is -0.433. The molecule has 2 rings (SSSR count). The molecule has 2 atom stereocenters. The molecule has 0 spiro atoms. The molecule has 0 aliphatic heterocycles. The second-order valence-corrected chi connectivity index (χ2v) is 6.89. The molecule has 0 aromatic heterocycles. The lowest BCUT2D eigenvalue weighted by atomic mass is 9.93. The number of rotatable bonds is 4. The van der Waals surface area contributed by atoms with Gasteiger partial charge in [0.1, 0.15) is 5.82 Å². The van der Waals surface area contributed by atoms with Gasteiger partial charge in [-0.1, -0.05) is 13.0 Å². The highest BCUT2D eigenvalue weighted by molar-refractivity contribution is 7.92. The van der Waals surface area contributed by atoms with Crippen molar-refractivity contribution < 1.29 is 22.3 Å². The van der Waals surface area contributed by atoms with Crippen LogP contribution in [-0.4, -0.2) is 27.8 Å². The zero-order valence-electron chi connectivity index (χ0n) is 11.4. The smallest absolute Gasteiger partial charge is 0.316 e. The third kappa shape index (κ3) is 2.49. The number of benzene rings is 1. The van der Waals surface area contributed by atoms with E-state index in [2.05, 4.69) is 4.72 Å². The number of halogens is 1. The van der Waals surface area contributed by atoms with E-state index >= 15 is 0 Å². The van der Waals surface area contributed by atoms with Gasteiger partial charge in [0.15, 0.2) is 0 Å². The zero-order chi connectivity index (χ0) is 15.1. The van der Waals surface area contributed by atoms with Gasteiger partial charge in [-0.05, 0) is 30.0 Å². The molecule has 110 valence electrons. The molecular weight excluding hydrogens is 285 g/mol. The molecule has 0 bridgehead atoms. The number of carbonyl (C=O) groups is 1. The maximum Gasteiger partial charge on any atom is 0.316 e. The van der Waals surface area contributed by atoms with Gasteiger partial charge in [0, 0.05) is 0 Å². The van der Waals surface area contributed by atoms with Crippen LogP contribution in [0.2, 0.25) is 0 Å². The van der Waals surface area contributed by atoms with Crippen LogP contribution >= 0.6 is 0 Å². The van der Waals surface area contributed by atoms with Crippen LogP contribution in [0.5, 0.6) is 0 Å². The first kappa shape index (κ1) is 14.8. The Kier molecular flexibility index (Phi) is 3.49. The molecular formula is C13H16FNO4S. The summed E-state index contributed by atoms with van der Waals surface area (Å²) in [6.07, 6.45) is 1.54. The number of ether oxygens (including phenoxy) is 1. The highest BCUT2D eigenvalue weighted by Gasteiger charge is 2.59. The Morgan fingerprint density at radius 1 is 1.50 bits per heavy atom. The van der Waals surface area contributed by atoms with Gasteiger partial charge in [0.05, 0.1) is 24.5 Å². The summed E-state index contributed by atoms with van der Waals surface area (Å²) in [4.78, 5) is 11.9. The summed E-state index contributed by atoms with van der Waals surface area (Å²) in [5, 5.41) is 0. The molecule has 5 nitrogen and oxygen atoms in total. The van der Waals surface area contributed by atoms with Gasteiger partial charge in [0.2, 0.25) is 10.0 Å². The molecule has 1 aliphatic rings. The van der Waals surface area contributed by atoms with Gasteiger partial charge < -0.3 is 4.74 Å². The molecule has 0 heterocycles. The van der Waals surface area contributed by atoms with Crippen LogP contribution in [0.3, 0.4) is 0 Å². The monoisotopic (exact) mass is 301 g/mol. The molecule has 1 aliphatic carbocycles. The fraction of sp³-hybridized carbons (Fsp3) is 0.462. The first-order chi connectivity index (χ1) is 9.20. The molecule has 0 saturated heterocycles. The summed E-state index contributed by atoms with van der Waals surface area (Å²) in [7, 11) is -2.25. The molecule has 2 unspecified atom stereocenters. The maximum atomic E-state index is 14.0. The number of sulfonamides is 1. The lowest BCUT2D eigenvalue weighted by Crippen LogP contribution is -2.24. The summed E-state index contributed by atoms with van der Waals surface area (Å²) >= 11 is 0. The van der Waals surface area contributed by atoms with Crippen molar-refractivity contribution in [3.8, 4) is 0 Å². The Morgan fingerprint density at radius 3 is 2.50 bits per heavy atom. The average molecular weight is 301 g/mol. The minimum Gasteiger partial charge on any atom is -0.468 e. The van der Waals surface area contributed by atoms with Crippen molar-refractivity contribution in [2.75, 3.05) is 18.1 Å². The molecule has 20 heavy (non-hydrogen) atoms. The van der Waals surface area contributed by atoms with Crippen LogP contribution in [0.15, 0.2) is 18.2 Å². The van der Waals surface area contributed by atoms with E-state index < -0.39 is 27.2 Å². The Morgan fingerprint density at radius 2 is 2.10 bits per heavy atom. The van der Waals surface area contributed by atoms with Crippen molar-refractivity contribution >= 4 is 21.7 Å². The predicted molar refractivity (Wildman–Crippen MR) is 72.3 cm³/mol. The Hall–Kier alpha value is -1.63. The highest BCUT2D eigenvalue weighted by atomic mass is 32.2. The molecule has 1 fully saturated rings. The van der Waals surface area contributed by atoms with Crippen LogP contribution in [0.25, 0.3) is 0 Å². The van der Waals surface area contributed by atoms with E-state index in [1.54, 1.807) is 6.07 Å². The van der Waals surface area contributed by atoms with Crippen molar-refractivity contribution in [3.63, 3.8) is 0 Å². The first-order valence-electron chi connectivity index (χ1n) is 6.07. The van der Waals surface area contributed by atoms with Crippen LogP contribution in [0.4, 0.5) is 10.1 Å². The van der Waals surface area contributed by atoms with E-state index in [0.29, 0.717) is 12.0 Å². The van der Waals surface area contributed by atoms with E-state index in [0.717, 1.165) is 6.26 Å². The van der Waals surface area contributed by atoms with Crippen molar-refractivity contribution in [1.29, 1.82) is 0 Å². The van der Waals surface area contributed by atoms with E-state index in [9.17, 15) is 17.6 Å². The van der Waals surface area contributed by atoms with Gasteiger partial charge >= 0.3 is 5.97 Å². The average Bonchev–Trinajstić information content (AvgIpc) is 3.02. The van der Waals surface area contributed by atoms with Gasteiger partial charge in [-0.25, -0.2) is 12.8 Å². The zero-order valence-corrected chi connectivity index (χ0v) is 12.3. The fourth-order valence-electron chi connectivity index (χ4n) is 2.49. The maximum absolute atomic E-state index is 14.0. The quantitative estimate of drug-likeness (QED) is 0.858. The largest absolute Gasteiger partial charge is 0.468 e. The van der Waals surface area contributed by atoms with Crippen LogP contribution in [-0.2, 0) is 25.0 Å². The number of methoxy groups -OCH3 is 1. The van der Waals surface area contributed by atoms with Gasteiger partial charge in [-0.2, -0.15) is 0 Å². The third-order valence-corrected chi connectivity index (χ3v) is 4.23. The van der Waals surface area contributed by atoms with Crippen molar-refractivity contribution in [1.82, 2.24) is 0 Å². The lowest BCUT2D eigenvalue weighted by molar-refractivity contribution is -0.144. The van der Waals surface area contributed by atoms with Crippen molar-refractivity contribution in [2.45, 2.75) is 18.8 Å². The Labute approximate surface area is 117 Å². The molecule has 1 aromatic rings. The highest BCUT2D eigenvalue weighted by Crippen LogP contribution is 2.55. The predicted octanol–water partition coefficient (Wildman–Crippen LogP) is 1.65. The topological polar surface area (TPSA) is 72.5 Å². The second-order valence-electron chi connectivity index (χ2n) is 5.14. The van der Waals surface area contributed by atoms with Crippen LogP contribution in [0.1, 0.15) is 18.9 Å². The number of nitrogens with one attached hydrogen (secondary N) is 1. The normalized spacial score (nSPS) is 25.1. The number of anilines is 1. The fourth-order valence-corrected chi connectivity index (χ4v) is 3.05. The molecule has 0 radical (unpaired) electrons. The SMILES string of the molecule is COC(=O)C1(c2ccc(NS(C)(=O)=O)c(F)c2)CC1C. The molecule has 7 heteroatoms. The van der Waals surface area contributed by atoms with E-state index in [-0.39, 0.29) is 11.6 Å². The van der Waals surface area contributed by atoms with Crippen LogP contribution in [0, 0.1) is 11.7 Å². The van der Waals surface area contributed by atoms with Gasteiger partial charge in [-0.15, -0.1) is 0 Å². The lowest BCUT2D eigenvalue weighted by Gasteiger charge is -2.15. The molecule has 1 aromatic carbocycles. The van der Waals surface area contributed by atoms with Gasteiger partial charge in [-0.3, -0.25) is 9.52 Å². The van der Waals surface area contributed by atoms with Gasteiger partial charge in [0.25, 0.3) is 0 Å². The third-order valence-electron chi connectivity index (χ3n) is 3.64. The molecule has 1 N–H and O–H groups in total. The summed E-state index contributed by atoms with van der Waals surface area (Å²) < 4.78 is 43.0. The summed E-state index contributed by atoms with van der Waals surface area (Å²) in [6.45, 7) is 1.89. The van der Waals surface area contributed by atoms with Crippen molar-refractivity contribution in [3.05, 3.63) is 29.6 Å². The summed E-state index contributed by atoms with van der Waals surface area (Å²) in [6, 6.07) is 4.06. The Balaban J connectivity index is 2.37. The van der Waals surface area contributed by atoms with E-state index in [1.165, 1.54) is 19.2 Å². The number of hydrogen-bond donors (Lipinski definition) is 1. The van der Waals surface area contributed by atoms with E-state index in [1.807, 2.05) is 6.92 Å². The number of carbonyl (C=O) groups excluding carboxylic acids is 1. The van der Waals surface area contributed by atoms with E-state index in [4.69, 9.17) is 4.74 Å². The summed E-state index contributed by atoms with van der Waals surface area (Å²) in [5.74, 6) is -1.04. The Bertz CT molecular complexity index is 658. The number of esters is 1.